The van der Waals surface area contributed by atoms with Crippen LogP contribution in [0.1, 0.15) is 5.56 Å². The maximum absolute atomic E-state index is 5.58. The largest absolute Gasteiger partial charge is 0.326 e. The van der Waals surface area contributed by atoms with Crippen molar-refractivity contribution in [3.63, 3.8) is 0 Å². The zero-order valence-corrected chi connectivity index (χ0v) is 9.11. The normalized spacial score (nSPS) is 10.4. The first kappa shape index (κ1) is 9.43. The van der Waals surface area contributed by atoms with Crippen LogP contribution >= 0.6 is 15.9 Å². The van der Waals surface area contributed by atoms with Crippen LogP contribution in [-0.4, -0.2) is 9.55 Å². The van der Waals surface area contributed by atoms with Gasteiger partial charge in [0.1, 0.15) is 0 Å². The van der Waals surface area contributed by atoms with E-state index in [1.807, 2.05) is 29.0 Å². The molecule has 0 bridgehead atoms. The summed E-state index contributed by atoms with van der Waals surface area (Å²) in [5.74, 6) is 0. The number of rotatable bonds is 2. The number of imidazole rings is 1. The fourth-order valence-corrected chi connectivity index (χ4v) is 1.74. The molecule has 0 aliphatic heterocycles. The van der Waals surface area contributed by atoms with Gasteiger partial charge in [-0.05, 0) is 33.6 Å². The third-order valence-electron chi connectivity index (χ3n) is 2.03. The molecule has 2 N–H and O–H groups in total. The number of halogens is 1. The minimum absolute atomic E-state index is 0.551. The molecule has 0 amide bonds. The van der Waals surface area contributed by atoms with Crippen molar-refractivity contribution in [2.45, 2.75) is 6.54 Å². The van der Waals surface area contributed by atoms with E-state index in [0.29, 0.717) is 6.54 Å². The molecule has 0 saturated heterocycles. The topological polar surface area (TPSA) is 43.8 Å². The number of aromatic nitrogens is 2. The van der Waals surface area contributed by atoms with Gasteiger partial charge >= 0.3 is 0 Å². The van der Waals surface area contributed by atoms with Gasteiger partial charge in [-0.25, -0.2) is 4.98 Å². The lowest BCUT2D eigenvalue weighted by Crippen LogP contribution is -1.99. The Hall–Kier alpha value is -1.13. The van der Waals surface area contributed by atoms with Gasteiger partial charge in [-0.15, -0.1) is 0 Å². The van der Waals surface area contributed by atoms with Crippen LogP contribution in [0, 0.1) is 0 Å². The van der Waals surface area contributed by atoms with Gasteiger partial charge in [-0.1, -0.05) is 6.07 Å². The molecule has 0 aliphatic rings. The van der Waals surface area contributed by atoms with E-state index < -0.39 is 0 Å². The van der Waals surface area contributed by atoms with E-state index >= 15 is 0 Å². The summed E-state index contributed by atoms with van der Waals surface area (Å²) in [5, 5.41) is 0. The third-order valence-corrected chi connectivity index (χ3v) is 2.70. The first-order chi connectivity index (χ1) is 6.81. The molecular formula is C10H10BrN3. The van der Waals surface area contributed by atoms with Gasteiger partial charge in [0, 0.05) is 23.4 Å². The van der Waals surface area contributed by atoms with Crippen molar-refractivity contribution in [1.82, 2.24) is 9.55 Å². The van der Waals surface area contributed by atoms with Crippen LogP contribution in [0.4, 0.5) is 0 Å². The zero-order valence-electron chi connectivity index (χ0n) is 7.52. The minimum Gasteiger partial charge on any atom is -0.326 e. The Kier molecular flexibility index (Phi) is 2.65. The molecule has 0 fully saturated rings. The van der Waals surface area contributed by atoms with Crippen molar-refractivity contribution >= 4 is 15.9 Å². The molecule has 1 aromatic heterocycles. The Morgan fingerprint density at radius 3 is 2.93 bits per heavy atom. The maximum atomic E-state index is 5.58. The number of hydrogen-bond donors (Lipinski definition) is 1. The fourth-order valence-electron chi connectivity index (χ4n) is 1.28. The fraction of sp³-hybridized carbons (Fsp3) is 0.100. The first-order valence-electron chi connectivity index (χ1n) is 4.28. The molecule has 0 saturated carbocycles. The molecular weight excluding hydrogens is 242 g/mol. The quantitative estimate of drug-likeness (QED) is 0.889. The Morgan fingerprint density at radius 2 is 2.29 bits per heavy atom. The molecule has 2 rings (SSSR count). The van der Waals surface area contributed by atoms with E-state index in [0.717, 1.165) is 15.7 Å². The second-order valence-corrected chi connectivity index (χ2v) is 3.81. The first-order valence-corrected chi connectivity index (χ1v) is 5.07. The molecule has 0 radical (unpaired) electrons. The molecule has 3 nitrogen and oxygen atoms in total. The average Bonchev–Trinajstić information content (AvgIpc) is 2.71. The standard InChI is InChI=1S/C10H10BrN3/c11-9-2-1-8(6-12)5-10(9)14-4-3-13-7-14/h1-5,7H,6,12H2. The van der Waals surface area contributed by atoms with Crippen molar-refractivity contribution in [1.29, 1.82) is 0 Å². The van der Waals surface area contributed by atoms with Gasteiger partial charge < -0.3 is 10.3 Å². The summed E-state index contributed by atoms with van der Waals surface area (Å²) < 4.78 is 2.98. The van der Waals surface area contributed by atoms with Crippen molar-refractivity contribution in [3.05, 3.63) is 47.0 Å². The van der Waals surface area contributed by atoms with Gasteiger partial charge in [-0.2, -0.15) is 0 Å². The Morgan fingerprint density at radius 1 is 1.43 bits per heavy atom. The Balaban J connectivity index is 2.51. The highest BCUT2D eigenvalue weighted by atomic mass is 79.9. The Labute approximate surface area is 90.7 Å². The molecule has 0 aliphatic carbocycles. The van der Waals surface area contributed by atoms with Gasteiger partial charge in [-0.3, -0.25) is 0 Å². The number of nitrogens with zero attached hydrogens (tertiary/aromatic N) is 2. The highest BCUT2D eigenvalue weighted by Crippen LogP contribution is 2.21. The molecule has 0 spiro atoms. The molecule has 1 heterocycles. The summed E-state index contributed by atoms with van der Waals surface area (Å²) in [7, 11) is 0. The minimum atomic E-state index is 0.551. The smallest absolute Gasteiger partial charge is 0.0992 e. The van der Waals surface area contributed by atoms with Crippen LogP contribution in [-0.2, 0) is 6.54 Å². The third kappa shape index (κ3) is 1.71. The summed E-state index contributed by atoms with van der Waals surface area (Å²) >= 11 is 3.49. The van der Waals surface area contributed by atoms with E-state index in [-0.39, 0.29) is 0 Å². The second-order valence-electron chi connectivity index (χ2n) is 2.96. The van der Waals surface area contributed by atoms with Gasteiger partial charge in [0.05, 0.1) is 12.0 Å². The lowest BCUT2D eigenvalue weighted by molar-refractivity contribution is 1.02. The van der Waals surface area contributed by atoms with Crippen LogP contribution in [0.3, 0.4) is 0 Å². The van der Waals surface area contributed by atoms with Crippen LogP contribution in [0.5, 0.6) is 0 Å². The van der Waals surface area contributed by atoms with Gasteiger partial charge in [0.25, 0.3) is 0 Å². The van der Waals surface area contributed by atoms with E-state index in [4.69, 9.17) is 5.73 Å². The molecule has 1 aromatic carbocycles. The highest BCUT2D eigenvalue weighted by Gasteiger charge is 2.02. The van der Waals surface area contributed by atoms with Crippen molar-refractivity contribution in [2.24, 2.45) is 5.73 Å². The van der Waals surface area contributed by atoms with Gasteiger partial charge in [0.2, 0.25) is 0 Å². The molecule has 72 valence electrons. The van der Waals surface area contributed by atoms with Crippen molar-refractivity contribution in [3.8, 4) is 5.69 Å². The molecule has 2 aromatic rings. The van der Waals surface area contributed by atoms with E-state index in [2.05, 4.69) is 20.9 Å². The van der Waals surface area contributed by atoms with E-state index in [1.54, 1.807) is 12.5 Å². The average molecular weight is 252 g/mol. The maximum Gasteiger partial charge on any atom is 0.0992 e. The predicted molar refractivity (Wildman–Crippen MR) is 59.2 cm³/mol. The summed E-state index contributed by atoms with van der Waals surface area (Å²) in [5.41, 5.74) is 7.75. The highest BCUT2D eigenvalue weighted by molar-refractivity contribution is 9.10. The van der Waals surface area contributed by atoms with Crippen LogP contribution in [0.15, 0.2) is 41.4 Å². The lowest BCUT2D eigenvalue weighted by atomic mass is 10.2. The summed E-state index contributed by atoms with van der Waals surface area (Å²) in [6.45, 7) is 0.551. The predicted octanol–water partition coefficient (Wildman–Crippen LogP) is 2.09. The monoisotopic (exact) mass is 251 g/mol. The lowest BCUT2D eigenvalue weighted by Gasteiger charge is -2.06. The van der Waals surface area contributed by atoms with Gasteiger partial charge in [0.15, 0.2) is 0 Å². The van der Waals surface area contributed by atoms with Crippen LogP contribution in [0.25, 0.3) is 5.69 Å². The molecule has 0 atom stereocenters. The summed E-state index contributed by atoms with van der Waals surface area (Å²) in [4.78, 5) is 4.01. The zero-order chi connectivity index (χ0) is 9.97. The molecule has 0 unspecified atom stereocenters. The summed E-state index contributed by atoms with van der Waals surface area (Å²) in [6, 6.07) is 6.05. The Bertz CT molecular complexity index is 423. The summed E-state index contributed by atoms with van der Waals surface area (Å²) in [6.07, 6.45) is 5.42. The van der Waals surface area contributed by atoms with E-state index in [1.165, 1.54) is 0 Å². The molecule has 14 heavy (non-hydrogen) atoms. The number of hydrogen-bond acceptors (Lipinski definition) is 2. The number of benzene rings is 1. The SMILES string of the molecule is NCc1ccc(Br)c(-n2ccnc2)c1. The van der Waals surface area contributed by atoms with Crippen molar-refractivity contribution < 1.29 is 0 Å². The molecule has 4 heteroatoms. The number of nitrogens with two attached hydrogens (primary N) is 1. The second kappa shape index (κ2) is 3.94. The van der Waals surface area contributed by atoms with Crippen molar-refractivity contribution in [2.75, 3.05) is 0 Å². The van der Waals surface area contributed by atoms with E-state index in [9.17, 15) is 0 Å². The van der Waals surface area contributed by atoms with Crippen LogP contribution in [0.2, 0.25) is 0 Å². The van der Waals surface area contributed by atoms with Crippen LogP contribution < -0.4 is 5.73 Å².